The van der Waals surface area contributed by atoms with Crippen LogP contribution in [0.4, 0.5) is 10.5 Å². The standard InChI is InChI=1S/C21H35N5O2.HI/c1-21(2,3)28-20(27)24-17-12-14-26(15-17)19(22-4)23-13-11-16-7-9-18(10-8-16)25(5)6;/h7-10,17H,11-15H2,1-6H3,(H,22,23)(H,24,27);1H. The zero-order valence-corrected chi connectivity index (χ0v) is 20.8. The molecule has 1 aliphatic heterocycles. The molecular formula is C21H36IN5O2. The number of alkyl carbamates (subject to hydrolysis) is 1. The Morgan fingerprint density at radius 2 is 1.93 bits per heavy atom. The average Bonchev–Trinajstić information content (AvgIpc) is 3.05. The van der Waals surface area contributed by atoms with Crippen molar-refractivity contribution in [1.82, 2.24) is 15.5 Å². The second kappa shape index (κ2) is 11.5. The Morgan fingerprint density at radius 1 is 1.28 bits per heavy atom. The lowest BCUT2D eigenvalue weighted by atomic mass is 10.1. The number of halogens is 1. The van der Waals surface area contributed by atoms with Crippen molar-refractivity contribution in [3.8, 4) is 0 Å². The van der Waals surface area contributed by atoms with Gasteiger partial charge in [0.25, 0.3) is 0 Å². The van der Waals surface area contributed by atoms with Gasteiger partial charge in [-0.15, -0.1) is 24.0 Å². The minimum Gasteiger partial charge on any atom is -0.444 e. The maximum Gasteiger partial charge on any atom is 0.407 e. The normalized spacial score (nSPS) is 16.8. The first-order valence-corrected chi connectivity index (χ1v) is 9.89. The highest BCUT2D eigenvalue weighted by molar-refractivity contribution is 14.0. The summed E-state index contributed by atoms with van der Waals surface area (Å²) in [5.74, 6) is 0.874. The minimum absolute atomic E-state index is 0. The van der Waals surface area contributed by atoms with Crippen LogP contribution in [0.2, 0.25) is 0 Å². The number of hydrogen-bond acceptors (Lipinski definition) is 4. The Morgan fingerprint density at radius 3 is 2.48 bits per heavy atom. The lowest BCUT2D eigenvalue weighted by Gasteiger charge is -2.23. The van der Waals surface area contributed by atoms with Crippen molar-refractivity contribution in [2.24, 2.45) is 4.99 Å². The van der Waals surface area contributed by atoms with Crippen LogP contribution in [-0.4, -0.2) is 69.4 Å². The van der Waals surface area contributed by atoms with Gasteiger partial charge in [-0.2, -0.15) is 0 Å². The molecule has 1 aliphatic rings. The topological polar surface area (TPSA) is 69.2 Å². The first-order valence-electron chi connectivity index (χ1n) is 9.89. The summed E-state index contributed by atoms with van der Waals surface area (Å²) in [5.41, 5.74) is 2.01. The van der Waals surface area contributed by atoms with E-state index in [1.54, 1.807) is 7.05 Å². The molecule has 29 heavy (non-hydrogen) atoms. The molecule has 164 valence electrons. The number of carbonyl (C=O) groups is 1. The van der Waals surface area contributed by atoms with Crippen LogP contribution < -0.4 is 15.5 Å². The van der Waals surface area contributed by atoms with E-state index in [-0.39, 0.29) is 36.1 Å². The zero-order chi connectivity index (χ0) is 20.7. The maximum atomic E-state index is 12.0. The van der Waals surface area contributed by atoms with E-state index in [0.29, 0.717) is 0 Å². The van der Waals surface area contributed by atoms with Gasteiger partial charge in [0.1, 0.15) is 5.60 Å². The average molecular weight is 517 g/mol. The van der Waals surface area contributed by atoms with Gasteiger partial charge in [-0.25, -0.2) is 4.79 Å². The molecule has 1 fully saturated rings. The van der Waals surface area contributed by atoms with Crippen molar-refractivity contribution in [1.29, 1.82) is 0 Å². The van der Waals surface area contributed by atoms with Crippen LogP contribution in [0, 0.1) is 0 Å². The molecule has 0 aliphatic carbocycles. The Bertz CT molecular complexity index is 671. The van der Waals surface area contributed by atoms with Gasteiger partial charge in [0.2, 0.25) is 0 Å². The lowest BCUT2D eigenvalue weighted by Crippen LogP contribution is -2.44. The molecule has 2 rings (SSSR count). The summed E-state index contributed by atoms with van der Waals surface area (Å²) in [6.07, 6.45) is 1.45. The molecule has 8 heteroatoms. The Labute approximate surface area is 192 Å². The Balaban J connectivity index is 0.00000420. The lowest BCUT2D eigenvalue weighted by molar-refractivity contribution is 0.0507. The second-order valence-corrected chi connectivity index (χ2v) is 8.36. The molecule has 1 heterocycles. The van der Waals surface area contributed by atoms with Crippen molar-refractivity contribution >= 4 is 41.7 Å². The van der Waals surface area contributed by atoms with Gasteiger partial charge in [0, 0.05) is 46.5 Å². The third-order valence-corrected chi connectivity index (χ3v) is 4.57. The summed E-state index contributed by atoms with van der Waals surface area (Å²) >= 11 is 0. The number of guanidine groups is 1. The van der Waals surface area contributed by atoms with Crippen LogP contribution in [0.15, 0.2) is 29.3 Å². The number of anilines is 1. The maximum absolute atomic E-state index is 12.0. The molecular weight excluding hydrogens is 481 g/mol. The number of nitrogens with zero attached hydrogens (tertiary/aromatic N) is 3. The molecule has 2 N–H and O–H groups in total. The smallest absolute Gasteiger partial charge is 0.407 e. The van der Waals surface area contributed by atoms with E-state index in [1.165, 1.54) is 11.3 Å². The molecule has 1 aromatic carbocycles. The van der Waals surface area contributed by atoms with Crippen LogP contribution in [0.1, 0.15) is 32.8 Å². The first kappa shape index (κ1) is 25.3. The van der Waals surface area contributed by atoms with Crippen molar-refractivity contribution in [3.63, 3.8) is 0 Å². The van der Waals surface area contributed by atoms with E-state index < -0.39 is 5.60 Å². The molecule has 0 aromatic heterocycles. The minimum atomic E-state index is -0.481. The van der Waals surface area contributed by atoms with Crippen LogP contribution in [-0.2, 0) is 11.2 Å². The van der Waals surface area contributed by atoms with Crippen LogP contribution in [0.3, 0.4) is 0 Å². The highest BCUT2D eigenvalue weighted by atomic mass is 127. The summed E-state index contributed by atoms with van der Waals surface area (Å²) in [7, 11) is 5.88. The Hall–Kier alpha value is -1.71. The number of likely N-dealkylation sites (tertiary alicyclic amines) is 1. The van der Waals surface area contributed by atoms with Gasteiger partial charge in [-0.05, 0) is 51.3 Å². The van der Waals surface area contributed by atoms with Crippen LogP contribution >= 0.6 is 24.0 Å². The molecule has 1 unspecified atom stereocenters. The van der Waals surface area contributed by atoms with Gasteiger partial charge < -0.3 is 25.2 Å². The molecule has 0 spiro atoms. The first-order chi connectivity index (χ1) is 13.2. The fourth-order valence-electron chi connectivity index (χ4n) is 3.16. The second-order valence-electron chi connectivity index (χ2n) is 8.36. The van der Waals surface area contributed by atoms with Crippen molar-refractivity contribution in [2.75, 3.05) is 45.7 Å². The largest absolute Gasteiger partial charge is 0.444 e. The number of carbonyl (C=O) groups excluding carboxylic acids is 1. The number of ether oxygens (including phenoxy) is 1. The van der Waals surface area contributed by atoms with Crippen LogP contribution in [0.5, 0.6) is 0 Å². The molecule has 1 amide bonds. The van der Waals surface area contributed by atoms with Gasteiger partial charge in [0.15, 0.2) is 5.96 Å². The number of nitrogens with one attached hydrogen (secondary N) is 2. The van der Waals surface area contributed by atoms with Crippen molar-refractivity contribution in [2.45, 2.75) is 45.3 Å². The summed E-state index contributed by atoms with van der Waals surface area (Å²) < 4.78 is 5.34. The van der Waals surface area contributed by atoms with Crippen molar-refractivity contribution in [3.05, 3.63) is 29.8 Å². The molecule has 1 aromatic rings. The summed E-state index contributed by atoms with van der Waals surface area (Å²) in [5, 5.41) is 6.38. The van der Waals surface area contributed by atoms with E-state index >= 15 is 0 Å². The summed E-state index contributed by atoms with van der Waals surface area (Å²) in [6.45, 7) is 8.01. The number of aliphatic imine (C=N–C) groups is 1. The molecule has 7 nitrogen and oxygen atoms in total. The molecule has 1 saturated heterocycles. The highest BCUT2D eigenvalue weighted by Crippen LogP contribution is 2.13. The number of benzene rings is 1. The van der Waals surface area contributed by atoms with Gasteiger partial charge in [0.05, 0.1) is 6.04 Å². The highest BCUT2D eigenvalue weighted by Gasteiger charge is 2.27. The van der Waals surface area contributed by atoms with Crippen molar-refractivity contribution < 1.29 is 9.53 Å². The van der Waals surface area contributed by atoms with E-state index in [4.69, 9.17) is 4.74 Å². The number of hydrogen-bond donors (Lipinski definition) is 2. The monoisotopic (exact) mass is 517 g/mol. The van der Waals surface area contributed by atoms with Gasteiger partial charge in [-0.3, -0.25) is 4.99 Å². The molecule has 0 bridgehead atoms. The van der Waals surface area contributed by atoms with E-state index in [9.17, 15) is 4.79 Å². The zero-order valence-electron chi connectivity index (χ0n) is 18.5. The Kier molecular flexibility index (Phi) is 10.0. The molecule has 0 radical (unpaired) electrons. The fourth-order valence-corrected chi connectivity index (χ4v) is 3.16. The SMILES string of the molecule is CN=C(NCCc1ccc(N(C)C)cc1)N1CCC(NC(=O)OC(C)(C)C)C1.I. The third-order valence-electron chi connectivity index (χ3n) is 4.57. The quantitative estimate of drug-likeness (QED) is 0.357. The summed E-state index contributed by atoms with van der Waals surface area (Å²) in [6, 6.07) is 8.68. The molecule has 1 atom stereocenters. The van der Waals surface area contributed by atoms with E-state index in [2.05, 4.69) is 49.7 Å². The summed E-state index contributed by atoms with van der Waals surface area (Å²) in [4.78, 5) is 20.6. The van der Waals surface area contributed by atoms with Crippen LogP contribution in [0.25, 0.3) is 0 Å². The van der Waals surface area contributed by atoms with Gasteiger partial charge in [-0.1, -0.05) is 12.1 Å². The number of amides is 1. The molecule has 0 saturated carbocycles. The third kappa shape index (κ3) is 8.67. The van der Waals surface area contributed by atoms with Gasteiger partial charge >= 0.3 is 6.09 Å². The fraction of sp³-hybridized carbons (Fsp3) is 0.619. The van der Waals surface area contributed by atoms with E-state index in [1.807, 2.05) is 34.9 Å². The predicted molar refractivity (Wildman–Crippen MR) is 131 cm³/mol. The van der Waals surface area contributed by atoms with E-state index in [0.717, 1.165) is 38.4 Å². The number of rotatable bonds is 5. The predicted octanol–water partition coefficient (Wildman–Crippen LogP) is 3.09.